The van der Waals surface area contributed by atoms with Crippen molar-refractivity contribution in [3.05, 3.63) is 53.6 Å². The lowest BCUT2D eigenvalue weighted by atomic mass is 10.1. The van der Waals surface area contributed by atoms with Crippen molar-refractivity contribution >= 4 is 5.69 Å². The summed E-state index contributed by atoms with van der Waals surface area (Å²) in [5, 5.41) is 3.46. The Morgan fingerprint density at radius 1 is 0.955 bits per heavy atom. The standard InChI is InChI=1S/C18H24N2O2/c1-20(2)16-7-5-6-14(10-16)12-19-13-15-8-9-17(21-3)11-18(15)22-4/h5-11,19H,12-13H2,1-4H3. The van der Waals surface area contributed by atoms with Gasteiger partial charge in [-0.05, 0) is 23.8 Å². The highest BCUT2D eigenvalue weighted by Crippen LogP contribution is 2.24. The zero-order chi connectivity index (χ0) is 15.9. The predicted molar refractivity (Wildman–Crippen MR) is 90.9 cm³/mol. The highest BCUT2D eigenvalue weighted by Gasteiger charge is 2.05. The van der Waals surface area contributed by atoms with Gasteiger partial charge in [-0.2, -0.15) is 0 Å². The summed E-state index contributed by atoms with van der Waals surface area (Å²) in [5.74, 6) is 1.65. The van der Waals surface area contributed by atoms with Crippen LogP contribution in [0.2, 0.25) is 0 Å². The molecule has 0 saturated carbocycles. The van der Waals surface area contributed by atoms with E-state index in [1.807, 2.05) is 18.2 Å². The molecule has 0 spiro atoms. The number of hydrogen-bond donors (Lipinski definition) is 1. The normalized spacial score (nSPS) is 10.4. The van der Waals surface area contributed by atoms with Crippen molar-refractivity contribution < 1.29 is 9.47 Å². The van der Waals surface area contributed by atoms with Crippen LogP contribution in [0, 0.1) is 0 Å². The maximum absolute atomic E-state index is 5.41. The molecule has 0 aromatic heterocycles. The second kappa shape index (κ2) is 7.71. The van der Waals surface area contributed by atoms with E-state index in [2.05, 4.69) is 48.6 Å². The highest BCUT2D eigenvalue weighted by atomic mass is 16.5. The van der Waals surface area contributed by atoms with E-state index in [0.29, 0.717) is 0 Å². The number of rotatable bonds is 7. The van der Waals surface area contributed by atoms with Gasteiger partial charge in [0.05, 0.1) is 14.2 Å². The molecule has 0 heterocycles. The van der Waals surface area contributed by atoms with E-state index in [1.54, 1.807) is 14.2 Å². The Balaban J connectivity index is 1.97. The van der Waals surface area contributed by atoms with Crippen LogP contribution in [0.5, 0.6) is 11.5 Å². The van der Waals surface area contributed by atoms with E-state index in [9.17, 15) is 0 Å². The van der Waals surface area contributed by atoms with Crippen molar-refractivity contribution in [3.63, 3.8) is 0 Å². The summed E-state index contributed by atoms with van der Waals surface area (Å²) in [6.07, 6.45) is 0. The van der Waals surface area contributed by atoms with Gasteiger partial charge in [-0.3, -0.25) is 0 Å². The quantitative estimate of drug-likeness (QED) is 0.852. The summed E-state index contributed by atoms with van der Waals surface area (Å²) in [6, 6.07) is 14.4. The molecule has 2 aromatic carbocycles. The molecule has 4 nitrogen and oxygen atoms in total. The van der Waals surface area contributed by atoms with Crippen LogP contribution in [-0.2, 0) is 13.1 Å². The summed E-state index contributed by atoms with van der Waals surface area (Å²) in [5.41, 5.74) is 3.59. The Morgan fingerprint density at radius 2 is 1.77 bits per heavy atom. The second-order valence-corrected chi connectivity index (χ2v) is 5.35. The molecule has 0 aliphatic heterocycles. The molecule has 2 aromatic rings. The van der Waals surface area contributed by atoms with E-state index in [0.717, 1.165) is 30.2 Å². The van der Waals surface area contributed by atoms with E-state index < -0.39 is 0 Å². The monoisotopic (exact) mass is 300 g/mol. The highest BCUT2D eigenvalue weighted by molar-refractivity contribution is 5.47. The van der Waals surface area contributed by atoms with Gasteiger partial charge in [-0.25, -0.2) is 0 Å². The molecular weight excluding hydrogens is 276 g/mol. The molecule has 0 aliphatic carbocycles. The number of benzene rings is 2. The first-order valence-electron chi connectivity index (χ1n) is 7.32. The van der Waals surface area contributed by atoms with Crippen LogP contribution in [0.3, 0.4) is 0 Å². The Morgan fingerprint density at radius 3 is 2.45 bits per heavy atom. The van der Waals surface area contributed by atoms with Gasteiger partial charge in [0.1, 0.15) is 11.5 Å². The largest absolute Gasteiger partial charge is 0.497 e. The Labute approximate surface area is 132 Å². The molecule has 0 atom stereocenters. The summed E-state index contributed by atoms with van der Waals surface area (Å²) in [7, 11) is 7.44. The van der Waals surface area contributed by atoms with Gasteiger partial charge >= 0.3 is 0 Å². The lowest BCUT2D eigenvalue weighted by molar-refractivity contribution is 0.390. The molecule has 4 heteroatoms. The average Bonchev–Trinajstić information content (AvgIpc) is 2.55. The third-order valence-corrected chi connectivity index (χ3v) is 3.57. The number of nitrogens with one attached hydrogen (secondary N) is 1. The van der Waals surface area contributed by atoms with E-state index in [1.165, 1.54) is 11.3 Å². The van der Waals surface area contributed by atoms with E-state index >= 15 is 0 Å². The van der Waals surface area contributed by atoms with Crippen molar-refractivity contribution in [1.82, 2.24) is 5.32 Å². The van der Waals surface area contributed by atoms with Gasteiger partial charge < -0.3 is 19.7 Å². The van der Waals surface area contributed by atoms with Crippen molar-refractivity contribution in [1.29, 1.82) is 0 Å². The van der Waals surface area contributed by atoms with Gasteiger partial charge in [0, 0.05) is 44.5 Å². The molecular formula is C18H24N2O2. The van der Waals surface area contributed by atoms with E-state index in [4.69, 9.17) is 9.47 Å². The van der Waals surface area contributed by atoms with Crippen molar-refractivity contribution in [2.75, 3.05) is 33.2 Å². The molecule has 0 saturated heterocycles. The zero-order valence-electron chi connectivity index (χ0n) is 13.7. The lowest BCUT2D eigenvalue weighted by Crippen LogP contribution is -2.14. The number of nitrogens with zero attached hydrogens (tertiary/aromatic N) is 1. The van der Waals surface area contributed by atoms with Crippen LogP contribution in [0.15, 0.2) is 42.5 Å². The van der Waals surface area contributed by atoms with Crippen LogP contribution in [0.4, 0.5) is 5.69 Å². The molecule has 22 heavy (non-hydrogen) atoms. The minimum atomic E-state index is 0.749. The van der Waals surface area contributed by atoms with Crippen LogP contribution in [0.1, 0.15) is 11.1 Å². The van der Waals surface area contributed by atoms with E-state index in [-0.39, 0.29) is 0 Å². The summed E-state index contributed by atoms with van der Waals surface area (Å²) < 4.78 is 10.6. The molecule has 0 aliphatic rings. The Bertz CT molecular complexity index is 612. The Hall–Kier alpha value is -2.20. The number of anilines is 1. The van der Waals surface area contributed by atoms with Gasteiger partial charge in [-0.1, -0.05) is 18.2 Å². The Kier molecular flexibility index (Phi) is 5.67. The minimum absolute atomic E-state index is 0.749. The molecule has 0 radical (unpaired) electrons. The van der Waals surface area contributed by atoms with Gasteiger partial charge in [0.2, 0.25) is 0 Å². The van der Waals surface area contributed by atoms with Crippen LogP contribution < -0.4 is 19.7 Å². The smallest absolute Gasteiger partial charge is 0.127 e. The minimum Gasteiger partial charge on any atom is -0.497 e. The summed E-state index contributed by atoms with van der Waals surface area (Å²) >= 11 is 0. The van der Waals surface area contributed by atoms with Crippen LogP contribution in [-0.4, -0.2) is 28.3 Å². The first kappa shape index (κ1) is 16.2. The first-order chi connectivity index (χ1) is 10.6. The zero-order valence-corrected chi connectivity index (χ0v) is 13.7. The van der Waals surface area contributed by atoms with Gasteiger partial charge in [0.25, 0.3) is 0 Å². The molecule has 0 bridgehead atoms. The molecule has 0 unspecified atom stereocenters. The van der Waals surface area contributed by atoms with Crippen LogP contribution in [0.25, 0.3) is 0 Å². The van der Waals surface area contributed by atoms with Crippen molar-refractivity contribution in [2.24, 2.45) is 0 Å². The maximum atomic E-state index is 5.41. The van der Waals surface area contributed by atoms with Crippen LogP contribution >= 0.6 is 0 Å². The maximum Gasteiger partial charge on any atom is 0.127 e. The molecule has 0 fully saturated rings. The van der Waals surface area contributed by atoms with Crippen molar-refractivity contribution in [2.45, 2.75) is 13.1 Å². The third kappa shape index (κ3) is 4.15. The molecule has 0 amide bonds. The first-order valence-corrected chi connectivity index (χ1v) is 7.32. The third-order valence-electron chi connectivity index (χ3n) is 3.57. The molecule has 2 rings (SSSR count). The van der Waals surface area contributed by atoms with Gasteiger partial charge in [0.15, 0.2) is 0 Å². The molecule has 118 valence electrons. The SMILES string of the molecule is COc1ccc(CNCc2cccc(N(C)C)c2)c(OC)c1. The lowest BCUT2D eigenvalue weighted by Gasteiger charge is -2.14. The fourth-order valence-electron chi connectivity index (χ4n) is 2.28. The topological polar surface area (TPSA) is 33.7 Å². The summed E-state index contributed by atoms with van der Waals surface area (Å²) in [4.78, 5) is 2.11. The van der Waals surface area contributed by atoms with Gasteiger partial charge in [-0.15, -0.1) is 0 Å². The summed E-state index contributed by atoms with van der Waals surface area (Å²) in [6.45, 7) is 1.57. The number of hydrogen-bond acceptors (Lipinski definition) is 4. The fourth-order valence-corrected chi connectivity index (χ4v) is 2.28. The molecule has 1 N–H and O–H groups in total. The average molecular weight is 300 g/mol. The predicted octanol–water partition coefficient (Wildman–Crippen LogP) is 3.06. The fraction of sp³-hybridized carbons (Fsp3) is 0.333. The number of ether oxygens (including phenoxy) is 2. The number of methoxy groups -OCH3 is 2. The second-order valence-electron chi connectivity index (χ2n) is 5.35. The van der Waals surface area contributed by atoms with Crippen molar-refractivity contribution in [3.8, 4) is 11.5 Å².